The molecule has 0 fully saturated rings. The average molecular weight is 605 g/mol. The maximum absolute atomic E-state index is 14.6. The van der Waals surface area contributed by atoms with Crippen molar-refractivity contribution in [3.05, 3.63) is 132 Å². The van der Waals surface area contributed by atoms with Crippen molar-refractivity contribution in [2.45, 2.75) is 32.6 Å². The van der Waals surface area contributed by atoms with E-state index in [9.17, 15) is 4.57 Å². The quantitative estimate of drug-likeness (QED) is 0.0611. The van der Waals surface area contributed by atoms with Gasteiger partial charge < -0.3 is 0 Å². The van der Waals surface area contributed by atoms with Crippen LogP contribution in [-0.4, -0.2) is 16.6 Å². The molecule has 41 heavy (non-hydrogen) atoms. The van der Waals surface area contributed by atoms with Gasteiger partial charge in [-0.3, -0.25) is 4.52 Å². The number of thiocarbonyl (C=S) groups is 2. The average Bonchev–Trinajstić information content (AvgIpc) is 3.03. The van der Waals surface area contributed by atoms with Crippen molar-refractivity contribution in [2.24, 2.45) is 0 Å². The van der Waals surface area contributed by atoms with Gasteiger partial charge >= 0.3 is 7.82 Å². The van der Waals surface area contributed by atoms with Crippen LogP contribution in [0.25, 0.3) is 0 Å². The molecule has 0 radical (unpaired) electrons. The fourth-order valence-corrected chi connectivity index (χ4v) is 5.79. The van der Waals surface area contributed by atoms with E-state index in [-0.39, 0.29) is 6.61 Å². The molecule has 0 bridgehead atoms. The third kappa shape index (κ3) is 8.88. The second-order valence-corrected chi connectivity index (χ2v) is 11.4. The van der Waals surface area contributed by atoms with Crippen molar-refractivity contribution in [1.29, 1.82) is 0 Å². The number of para-hydroxylation sites is 2. The van der Waals surface area contributed by atoms with Gasteiger partial charge in [0.25, 0.3) is 0 Å². The molecule has 212 valence electrons. The molecule has 0 atom stereocenters. The van der Waals surface area contributed by atoms with Gasteiger partial charge in [-0.2, -0.15) is 19.4 Å². The van der Waals surface area contributed by atoms with Gasteiger partial charge in [-0.05, 0) is 30.7 Å². The lowest BCUT2D eigenvalue weighted by Crippen LogP contribution is -2.34. The molecule has 4 aromatic carbocycles. The Hall–Kier alpha value is -3.23. The number of hydrogen-bond acceptors (Lipinski definition) is 6. The Morgan fingerprint density at radius 1 is 0.610 bits per heavy atom. The van der Waals surface area contributed by atoms with E-state index >= 15 is 0 Å². The van der Waals surface area contributed by atoms with Crippen LogP contribution < -0.4 is 10.1 Å². The Kier molecular flexibility index (Phi) is 11.8. The number of nitrogens with zero attached hydrogens (tertiary/aromatic N) is 2. The Balaban J connectivity index is 1.72. The van der Waals surface area contributed by atoms with E-state index in [1.807, 2.05) is 121 Å². The SMILES string of the molecule is CCCCCCOP(=O)(ON(C(=S)c1ccccc1)c1ccccc1)ON(C(=S)c1ccccc1)c1ccccc1. The summed E-state index contributed by atoms with van der Waals surface area (Å²) < 4.78 is 33.0. The largest absolute Gasteiger partial charge is 0.518 e. The monoisotopic (exact) mass is 604 g/mol. The van der Waals surface area contributed by atoms with E-state index in [0.29, 0.717) is 38.9 Å². The molecule has 0 amide bonds. The molecule has 0 N–H and O–H groups in total. The highest BCUT2D eigenvalue weighted by molar-refractivity contribution is 7.81. The van der Waals surface area contributed by atoms with Crippen LogP contribution in [0.4, 0.5) is 11.4 Å². The molecular weight excluding hydrogens is 571 g/mol. The lowest BCUT2D eigenvalue weighted by molar-refractivity contribution is 0.118. The van der Waals surface area contributed by atoms with Crippen molar-refractivity contribution in [2.75, 3.05) is 16.7 Å². The summed E-state index contributed by atoms with van der Waals surface area (Å²) in [4.78, 5) is 0.596. The normalized spacial score (nSPS) is 11.1. The third-order valence-corrected chi connectivity index (χ3v) is 8.03. The van der Waals surface area contributed by atoms with Crippen molar-refractivity contribution in [3.8, 4) is 0 Å². The second-order valence-electron chi connectivity index (χ2n) is 9.11. The molecule has 6 nitrogen and oxygen atoms in total. The maximum Gasteiger partial charge on any atom is 0.518 e. The van der Waals surface area contributed by atoms with Gasteiger partial charge in [0.1, 0.15) is 9.98 Å². The molecule has 0 aliphatic carbocycles. The summed E-state index contributed by atoms with van der Waals surface area (Å²) in [5, 5.41) is 2.65. The first-order valence-corrected chi connectivity index (χ1v) is 15.8. The molecule has 0 aromatic heterocycles. The van der Waals surface area contributed by atoms with Gasteiger partial charge in [0.2, 0.25) is 0 Å². The number of anilines is 2. The number of benzene rings is 4. The molecule has 0 saturated carbocycles. The zero-order chi connectivity index (χ0) is 28.9. The van der Waals surface area contributed by atoms with E-state index in [1.165, 1.54) is 10.1 Å². The molecule has 4 aromatic rings. The molecule has 0 spiro atoms. The van der Waals surface area contributed by atoms with Gasteiger partial charge in [0, 0.05) is 11.1 Å². The fraction of sp³-hybridized carbons (Fsp3) is 0.188. The van der Waals surface area contributed by atoms with Crippen LogP contribution in [0.3, 0.4) is 0 Å². The van der Waals surface area contributed by atoms with Crippen molar-refractivity contribution >= 4 is 53.6 Å². The third-order valence-electron chi connectivity index (χ3n) is 6.00. The lowest BCUT2D eigenvalue weighted by Gasteiger charge is -2.31. The Bertz CT molecular complexity index is 1330. The van der Waals surface area contributed by atoms with Gasteiger partial charge in [0.15, 0.2) is 0 Å². The van der Waals surface area contributed by atoms with Crippen LogP contribution in [0.5, 0.6) is 0 Å². The molecular formula is C32H33N2O4PS2. The highest BCUT2D eigenvalue weighted by Gasteiger charge is 2.37. The summed E-state index contributed by atoms with van der Waals surface area (Å²) >= 11 is 11.7. The van der Waals surface area contributed by atoms with Crippen LogP contribution in [0.15, 0.2) is 121 Å². The standard InChI is InChI=1S/C32H33N2O4PS2/c1-2-3-4-17-26-36-39(35,37-33(29-22-13-7-14-23-29)31(40)27-18-9-5-10-19-27)38-34(30-24-15-8-16-25-30)32(41)28-20-11-6-12-21-28/h5-16,18-25H,2-4,17,26H2,1H3. The molecule has 0 heterocycles. The van der Waals surface area contributed by atoms with E-state index in [0.717, 1.165) is 19.3 Å². The van der Waals surface area contributed by atoms with Crippen molar-refractivity contribution < 1.29 is 18.3 Å². The summed E-state index contributed by atoms with van der Waals surface area (Å²) in [7, 11) is -4.38. The zero-order valence-corrected chi connectivity index (χ0v) is 25.4. The topological polar surface area (TPSA) is 51.2 Å². The minimum atomic E-state index is -4.38. The first-order chi connectivity index (χ1) is 20.0. The minimum Gasteiger partial charge on any atom is -0.284 e. The number of rotatable bonds is 14. The van der Waals surface area contributed by atoms with E-state index < -0.39 is 7.82 Å². The zero-order valence-electron chi connectivity index (χ0n) is 22.9. The first kappa shape index (κ1) is 30.7. The lowest BCUT2D eigenvalue weighted by atomic mass is 10.2. The van der Waals surface area contributed by atoms with Gasteiger partial charge in [-0.15, -0.1) is 0 Å². The van der Waals surface area contributed by atoms with Gasteiger partial charge in [-0.1, -0.05) is 148 Å². The second kappa shape index (κ2) is 15.7. The van der Waals surface area contributed by atoms with Crippen LogP contribution in [-0.2, 0) is 18.3 Å². The Labute approximate surface area is 253 Å². The van der Waals surface area contributed by atoms with Crippen LogP contribution in [0.1, 0.15) is 43.7 Å². The number of hydroxylamine groups is 2. The Morgan fingerprint density at radius 2 is 1.00 bits per heavy atom. The van der Waals surface area contributed by atoms with Crippen LogP contribution >= 0.6 is 32.3 Å². The van der Waals surface area contributed by atoms with Gasteiger partial charge in [-0.25, -0.2) is 4.57 Å². The summed E-state index contributed by atoms with van der Waals surface area (Å²) in [5.41, 5.74) is 2.55. The Morgan fingerprint density at radius 3 is 1.39 bits per heavy atom. The summed E-state index contributed by atoms with van der Waals surface area (Å²) in [6.45, 7) is 2.29. The van der Waals surface area contributed by atoms with Crippen molar-refractivity contribution in [1.82, 2.24) is 0 Å². The molecule has 4 rings (SSSR count). The molecule has 0 aliphatic heterocycles. The predicted octanol–water partition coefficient (Wildman–Crippen LogP) is 9.32. The van der Waals surface area contributed by atoms with Crippen LogP contribution in [0.2, 0.25) is 0 Å². The van der Waals surface area contributed by atoms with E-state index in [2.05, 4.69) is 6.92 Å². The summed E-state index contributed by atoms with van der Waals surface area (Å²) in [5.74, 6) is 0. The molecule has 9 heteroatoms. The summed E-state index contributed by atoms with van der Waals surface area (Å²) in [6.07, 6.45) is 3.71. The number of phosphoric acid groups is 1. The predicted molar refractivity (Wildman–Crippen MR) is 174 cm³/mol. The smallest absolute Gasteiger partial charge is 0.284 e. The molecule has 0 unspecified atom stereocenters. The molecule has 0 aliphatic rings. The fourth-order valence-electron chi connectivity index (χ4n) is 3.89. The number of unbranched alkanes of at least 4 members (excludes halogenated alkanes) is 3. The minimum absolute atomic E-state index is 0.165. The van der Waals surface area contributed by atoms with Crippen molar-refractivity contribution in [3.63, 3.8) is 0 Å². The molecule has 0 saturated heterocycles. The van der Waals surface area contributed by atoms with E-state index in [4.69, 9.17) is 38.2 Å². The first-order valence-electron chi connectivity index (χ1n) is 13.5. The highest BCUT2D eigenvalue weighted by Crippen LogP contribution is 2.53. The summed E-state index contributed by atoms with van der Waals surface area (Å²) in [6, 6.07) is 37.1. The highest BCUT2D eigenvalue weighted by atomic mass is 32.1. The number of hydrogen-bond donors (Lipinski definition) is 0. The maximum atomic E-state index is 14.6. The van der Waals surface area contributed by atoms with Gasteiger partial charge in [0.05, 0.1) is 18.0 Å². The van der Waals surface area contributed by atoms with E-state index in [1.54, 1.807) is 0 Å². The van der Waals surface area contributed by atoms with Crippen LogP contribution in [0, 0.1) is 0 Å².